The first-order valence-electron chi connectivity index (χ1n) is 11.7. The Morgan fingerprint density at radius 1 is 0.625 bits per heavy atom. The molecule has 11 heteroatoms. The Morgan fingerprint density at radius 2 is 1.23 bits per heavy atom. The van der Waals surface area contributed by atoms with Crippen molar-refractivity contribution in [1.29, 1.82) is 0 Å². The van der Waals surface area contributed by atoms with Crippen LogP contribution in [0.3, 0.4) is 0 Å². The molecule has 0 aliphatic heterocycles. The van der Waals surface area contributed by atoms with Gasteiger partial charge in [0.05, 0.1) is 5.56 Å². The van der Waals surface area contributed by atoms with E-state index in [0.29, 0.717) is 18.9 Å². The Morgan fingerprint density at radius 3 is 1.77 bits per heavy atom. The van der Waals surface area contributed by atoms with Crippen molar-refractivity contribution in [2.24, 2.45) is 0 Å². The van der Waals surface area contributed by atoms with Gasteiger partial charge in [-0.2, -0.15) is 22.0 Å². The van der Waals surface area contributed by atoms with E-state index in [0.717, 1.165) is 36.4 Å². The summed E-state index contributed by atoms with van der Waals surface area (Å²) >= 11 is 0. The molecule has 0 amide bonds. The summed E-state index contributed by atoms with van der Waals surface area (Å²) < 4.78 is 144. The van der Waals surface area contributed by atoms with Crippen molar-refractivity contribution >= 4 is 0 Å². The van der Waals surface area contributed by atoms with E-state index in [2.05, 4.69) is 4.74 Å². The van der Waals surface area contributed by atoms with Gasteiger partial charge < -0.3 is 4.74 Å². The molecule has 4 aromatic carbocycles. The number of hydrogen-bond acceptors (Lipinski definition) is 1. The second kappa shape index (κ2) is 10.9. The molecule has 0 aromatic heterocycles. The Kier molecular flexibility index (Phi) is 7.87. The normalized spacial score (nSPS) is 12.1. The molecule has 0 atom stereocenters. The smallest absolute Gasteiger partial charge is 0.426 e. The van der Waals surface area contributed by atoms with Gasteiger partial charge in [-0.05, 0) is 59.5 Å². The SMILES string of the molecule is CCCc1ccc(-c2ccc(C(F)(F)Oc3ccc(-c4cc(F)c(C(F)(F)F)c(F)c4)c(F)c3)cc2)c(F)c1F. The predicted octanol–water partition coefficient (Wildman–Crippen LogP) is 9.82. The van der Waals surface area contributed by atoms with Gasteiger partial charge >= 0.3 is 12.3 Å². The summed E-state index contributed by atoms with van der Waals surface area (Å²) in [7, 11) is 0. The van der Waals surface area contributed by atoms with E-state index in [-0.39, 0.29) is 28.8 Å². The Hall–Kier alpha value is -4.02. The van der Waals surface area contributed by atoms with Gasteiger partial charge in [-0.15, -0.1) is 0 Å². The maximum atomic E-state index is 14.8. The molecule has 0 saturated carbocycles. The highest BCUT2D eigenvalue weighted by molar-refractivity contribution is 5.66. The quantitative estimate of drug-likeness (QED) is 0.200. The summed E-state index contributed by atoms with van der Waals surface area (Å²) in [5.41, 5.74) is -3.86. The number of hydrogen-bond donors (Lipinski definition) is 0. The van der Waals surface area contributed by atoms with Crippen LogP contribution < -0.4 is 4.74 Å². The van der Waals surface area contributed by atoms with Crippen LogP contribution in [0.15, 0.2) is 66.7 Å². The van der Waals surface area contributed by atoms with Crippen LogP contribution in [0.2, 0.25) is 0 Å². The first kappa shape index (κ1) is 29.0. The van der Waals surface area contributed by atoms with Crippen molar-refractivity contribution in [2.45, 2.75) is 32.1 Å². The van der Waals surface area contributed by atoms with Crippen LogP contribution in [0.5, 0.6) is 5.75 Å². The topological polar surface area (TPSA) is 9.23 Å². The number of rotatable bonds is 7. The number of aryl methyl sites for hydroxylation is 1. The molecule has 40 heavy (non-hydrogen) atoms. The second-order valence-electron chi connectivity index (χ2n) is 8.80. The summed E-state index contributed by atoms with van der Waals surface area (Å²) in [6.45, 7) is 1.80. The summed E-state index contributed by atoms with van der Waals surface area (Å²) in [5, 5.41) is 0. The Bertz CT molecular complexity index is 1520. The molecule has 0 heterocycles. The molecule has 0 aliphatic rings. The molecule has 0 unspecified atom stereocenters. The van der Waals surface area contributed by atoms with Crippen molar-refractivity contribution in [1.82, 2.24) is 0 Å². The lowest BCUT2D eigenvalue weighted by molar-refractivity contribution is -0.185. The zero-order valence-electron chi connectivity index (χ0n) is 20.5. The maximum Gasteiger partial charge on any atom is 0.426 e. The van der Waals surface area contributed by atoms with Gasteiger partial charge in [-0.3, -0.25) is 0 Å². The minimum Gasteiger partial charge on any atom is -0.429 e. The van der Waals surface area contributed by atoms with Crippen molar-refractivity contribution in [3.05, 3.63) is 113 Å². The number of benzene rings is 4. The predicted molar refractivity (Wildman–Crippen MR) is 127 cm³/mol. The first-order valence-corrected chi connectivity index (χ1v) is 11.7. The number of alkyl halides is 5. The van der Waals surface area contributed by atoms with Crippen molar-refractivity contribution < 1.29 is 48.6 Å². The van der Waals surface area contributed by atoms with E-state index in [4.69, 9.17) is 0 Å². The molecule has 0 N–H and O–H groups in total. The molecular formula is C29H18F10O. The Balaban J connectivity index is 1.56. The molecule has 4 aromatic rings. The van der Waals surface area contributed by atoms with Crippen LogP contribution in [0.1, 0.15) is 30.0 Å². The summed E-state index contributed by atoms with van der Waals surface area (Å²) in [6.07, 6.45) is -8.44. The average Bonchev–Trinajstić information content (AvgIpc) is 2.86. The molecule has 210 valence electrons. The van der Waals surface area contributed by atoms with E-state index >= 15 is 0 Å². The van der Waals surface area contributed by atoms with E-state index < -0.39 is 69.4 Å². The minimum atomic E-state index is -5.32. The van der Waals surface area contributed by atoms with E-state index in [1.807, 2.05) is 0 Å². The molecule has 0 bridgehead atoms. The van der Waals surface area contributed by atoms with E-state index in [9.17, 15) is 43.9 Å². The van der Waals surface area contributed by atoms with Gasteiger partial charge in [0, 0.05) is 17.2 Å². The first-order chi connectivity index (χ1) is 18.7. The van der Waals surface area contributed by atoms with Crippen LogP contribution in [-0.2, 0) is 18.7 Å². The fourth-order valence-electron chi connectivity index (χ4n) is 4.12. The Labute approximate surface area is 221 Å². The fourth-order valence-corrected chi connectivity index (χ4v) is 4.12. The van der Waals surface area contributed by atoms with Gasteiger partial charge in [0.1, 0.15) is 28.8 Å². The molecular weight excluding hydrogens is 554 g/mol. The van der Waals surface area contributed by atoms with Crippen LogP contribution in [0.25, 0.3) is 22.3 Å². The molecule has 4 rings (SSSR count). The number of halogens is 10. The maximum absolute atomic E-state index is 14.8. The van der Waals surface area contributed by atoms with E-state index in [1.165, 1.54) is 12.1 Å². The molecule has 1 nitrogen and oxygen atoms in total. The van der Waals surface area contributed by atoms with Crippen molar-refractivity contribution in [2.75, 3.05) is 0 Å². The minimum absolute atomic E-state index is 0.116. The zero-order chi connectivity index (χ0) is 29.4. The standard InChI is InChI=1S/C29H18F10O/c1-2-3-16-6-10-21(27(34)26(16)33)15-4-7-18(8-5-15)29(38,39)40-19-9-11-20(22(30)14-19)17-12-23(31)25(24(32)13-17)28(35,36)37/h4-14H,2-3H2,1H3. The lowest BCUT2D eigenvalue weighted by Gasteiger charge is -2.19. The molecule has 0 radical (unpaired) electrons. The summed E-state index contributed by atoms with van der Waals surface area (Å²) in [5.74, 6) is -8.10. The van der Waals surface area contributed by atoms with Gasteiger partial charge in [-0.1, -0.05) is 37.6 Å². The van der Waals surface area contributed by atoms with Gasteiger partial charge in [0.2, 0.25) is 0 Å². The van der Waals surface area contributed by atoms with Gasteiger partial charge in [-0.25, -0.2) is 22.0 Å². The highest BCUT2D eigenvalue weighted by Crippen LogP contribution is 2.38. The average molecular weight is 572 g/mol. The molecule has 0 fully saturated rings. The van der Waals surface area contributed by atoms with Crippen LogP contribution in [0.4, 0.5) is 43.9 Å². The highest BCUT2D eigenvalue weighted by atomic mass is 19.4. The molecule has 0 saturated heterocycles. The highest BCUT2D eigenvalue weighted by Gasteiger charge is 2.38. The van der Waals surface area contributed by atoms with Gasteiger partial charge in [0.15, 0.2) is 11.6 Å². The number of ether oxygens (including phenoxy) is 1. The van der Waals surface area contributed by atoms with Crippen LogP contribution in [-0.4, -0.2) is 0 Å². The van der Waals surface area contributed by atoms with Crippen LogP contribution in [0, 0.1) is 29.1 Å². The van der Waals surface area contributed by atoms with Crippen molar-refractivity contribution in [3.8, 4) is 28.0 Å². The van der Waals surface area contributed by atoms with Crippen LogP contribution >= 0.6 is 0 Å². The zero-order valence-corrected chi connectivity index (χ0v) is 20.5. The lowest BCUT2D eigenvalue weighted by Crippen LogP contribution is -2.21. The third-order valence-electron chi connectivity index (χ3n) is 6.04. The monoisotopic (exact) mass is 572 g/mol. The summed E-state index contributed by atoms with van der Waals surface area (Å²) in [4.78, 5) is 0. The molecule has 0 aliphatic carbocycles. The van der Waals surface area contributed by atoms with E-state index in [1.54, 1.807) is 6.92 Å². The lowest BCUT2D eigenvalue weighted by atomic mass is 9.99. The largest absolute Gasteiger partial charge is 0.429 e. The summed E-state index contributed by atoms with van der Waals surface area (Å²) in [6, 6.07) is 9.48. The van der Waals surface area contributed by atoms with Gasteiger partial charge in [0.25, 0.3) is 0 Å². The second-order valence-corrected chi connectivity index (χ2v) is 8.80. The third kappa shape index (κ3) is 5.78. The fraction of sp³-hybridized carbons (Fsp3) is 0.172. The van der Waals surface area contributed by atoms with Crippen molar-refractivity contribution in [3.63, 3.8) is 0 Å². The third-order valence-corrected chi connectivity index (χ3v) is 6.04. The molecule has 0 spiro atoms.